The van der Waals surface area contributed by atoms with Gasteiger partial charge in [0.05, 0.1) is 9.95 Å². The zero-order valence-electron chi connectivity index (χ0n) is 7.72. The van der Waals surface area contributed by atoms with E-state index in [0.29, 0.717) is 0 Å². The first-order valence-corrected chi connectivity index (χ1v) is 4.47. The number of pyridine rings is 1. The van der Waals surface area contributed by atoms with Gasteiger partial charge in [-0.3, -0.25) is 15.2 Å². The molecule has 0 atom stereocenters. The van der Waals surface area contributed by atoms with Crippen LogP contribution in [-0.2, 0) is 0 Å². The van der Waals surface area contributed by atoms with Crippen molar-refractivity contribution in [1.29, 1.82) is 0 Å². The van der Waals surface area contributed by atoms with Crippen LogP contribution in [0.15, 0.2) is 18.6 Å². The fourth-order valence-electron chi connectivity index (χ4n) is 1.04. The van der Waals surface area contributed by atoms with Crippen LogP contribution < -0.4 is 5.32 Å². The largest absolute Gasteiger partial charge is 0.313 e. The van der Waals surface area contributed by atoms with Crippen LogP contribution in [-0.4, -0.2) is 25.1 Å². The minimum atomic E-state index is -0.589. The van der Waals surface area contributed by atoms with Gasteiger partial charge in [-0.15, -0.1) is 5.10 Å². The third kappa shape index (κ3) is 2.06. The quantitative estimate of drug-likeness (QED) is 0.621. The lowest BCUT2D eigenvalue weighted by Crippen LogP contribution is -2.00. The number of anilines is 2. The summed E-state index contributed by atoms with van der Waals surface area (Å²) in [7, 11) is 0. The van der Waals surface area contributed by atoms with E-state index in [1.54, 1.807) is 0 Å². The molecule has 9 heteroatoms. The third-order valence-corrected chi connectivity index (χ3v) is 1.88. The van der Waals surface area contributed by atoms with E-state index >= 15 is 0 Å². The first-order valence-electron chi connectivity index (χ1n) is 4.09. The molecule has 0 aliphatic heterocycles. The van der Waals surface area contributed by atoms with Gasteiger partial charge in [0.1, 0.15) is 6.33 Å². The van der Waals surface area contributed by atoms with E-state index in [1.807, 2.05) is 0 Å². The third-order valence-electron chi connectivity index (χ3n) is 1.68. The van der Waals surface area contributed by atoms with Crippen molar-refractivity contribution in [3.8, 4) is 0 Å². The average molecular weight is 241 g/mol. The molecular weight excluding hydrogens is 236 g/mol. The maximum absolute atomic E-state index is 10.7. The van der Waals surface area contributed by atoms with Crippen LogP contribution in [0.2, 0.25) is 5.02 Å². The fourth-order valence-corrected chi connectivity index (χ4v) is 1.19. The standard InChI is InChI=1S/C7H5ClN6O2/c8-4-1-5(14(15)16)6(9-2-4)12-7-10-3-11-13-7/h1-3H,(H2,9,10,11,12,13). The topological polar surface area (TPSA) is 110 Å². The number of aromatic nitrogens is 4. The van der Waals surface area contributed by atoms with Gasteiger partial charge in [-0.2, -0.15) is 0 Å². The van der Waals surface area contributed by atoms with Crippen molar-refractivity contribution in [3.63, 3.8) is 0 Å². The van der Waals surface area contributed by atoms with E-state index in [1.165, 1.54) is 18.6 Å². The molecule has 0 unspecified atom stereocenters. The molecule has 0 amide bonds. The molecular formula is C7H5ClN6O2. The van der Waals surface area contributed by atoms with Gasteiger partial charge in [0.25, 0.3) is 0 Å². The summed E-state index contributed by atoms with van der Waals surface area (Å²) in [5.41, 5.74) is -0.239. The first kappa shape index (κ1) is 10.3. The Morgan fingerprint density at radius 3 is 2.94 bits per heavy atom. The average Bonchev–Trinajstić information content (AvgIpc) is 2.73. The molecule has 0 aliphatic rings. The van der Waals surface area contributed by atoms with Gasteiger partial charge >= 0.3 is 5.69 Å². The number of H-pyrrole nitrogens is 1. The van der Waals surface area contributed by atoms with Crippen LogP contribution in [0.5, 0.6) is 0 Å². The summed E-state index contributed by atoms with van der Waals surface area (Å²) >= 11 is 5.61. The van der Waals surface area contributed by atoms with Gasteiger partial charge in [-0.1, -0.05) is 11.6 Å². The van der Waals surface area contributed by atoms with Gasteiger partial charge in [0, 0.05) is 12.3 Å². The molecule has 0 aromatic carbocycles. The van der Waals surface area contributed by atoms with Crippen molar-refractivity contribution in [2.24, 2.45) is 0 Å². The highest BCUT2D eigenvalue weighted by Gasteiger charge is 2.16. The Morgan fingerprint density at radius 2 is 2.31 bits per heavy atom. The summed E-state index contributed by atoms with van der Waals surface area (Å²) in [5.74, 6) is 0.229. The normalized spacial score (nSPS) is 10.1. The minimum Gasteiger partial charge on any atom is -0.302 e. The molecule has 0 saturated heterocycles. The highest BCUT2D eigenvalue weighted by Crippen LogP contribution is 2.26. The summed E-state index contributed by atoms with van der Waals surface area (Å²) in [5, 5.41) is 19.7. The number of hydrogen-bond donors (Lipinski definition) is 2. The van der Waals surface area contributed by atoms with E-state index in [0.717, 1.165) is 0 Å². The van der Waals surface area contributed by atoms with Gasteiger partial charge < -0.3 is 5.32 Å². The lowest BCUT2D eigenvalue weighted by molar-refractivity contribution is -0.384. The molecule has 2 heterocycles. The molecule has 0 spiro atoms. The summed E-state index contributed by atoms with van der Waals surface area (Å²) in [6.45, 7) is 0. The van der Waals surface area contributed by atoms with Crippen LogP contribution in [0.4, 0.5) is 17.5 Å². The van der Waals surface area contributed by atoms with Gasteiger partial charge in [0.15, 0.2) is 0 Å². The Bertz CT molecular complexity index is 514. The highest BCUT2D eigenvalue weighted by molar-refractivity contribution is 6.30. The lowest BCUT2D eigenvalue weighted by atomic mass is 10.4. The zero-order valence-corrected chi connectivity index (χ0v) is 8.47. The Morgan fingerprint density at radius 1 is 1.50 bits per heavy atom. The van der Waals surface area contributed by atoms with E-state index in [-0.39, 0.29) is 22.5 Å². The number of halogens is 1. The van der Waals surface area contributed by atoms with E-state index in [2.05, 4.69) is 25.5 Å². The highest BCUT2D eigenvalue weighted by atomic mass is 35.5. The maximum atomic E-state index is 10.7. The first-order chi connectivity index (χ1) is 7.66. The van der Waals surface area contributed by atoms with Gasteiger partial charge in [-0.05, 0) is 0 Å². The maximum Gasteiger partial charge on any atom is 0.313 e. The molecule has 16 heavy (non-hydrogen) atoms. The van der Waals surface area contributed by atoms with Crippen molar-refractivity contribution in [2.75, 3.05) is 5.32 Å². The smallest absolute Gasteiger partial charge is 0.302 e. The second-order valence-electron chi connectivity index (χ2n) is 2.73. The second-order valence-corrected chi connectivity index (χ2v) is 3.16. The minimum absolute atomic E-state index is 0.0361. The van der Waals surface area contributed by atoms with Crippen molar-refractivity contribution in [2.45, 2.75) is 0 Å². The number of rotatable bonds is 3. The predicted molar refractivity (Wildman–Crippen MR) is 55.6 cm³/mol. The monoisotopic (exact) mass is 240 g/mol. The van der Waals surface area contributed by atoms with Crippen LogP contribution >= 0.6 is 11.6 Å². The van der Waals surface area contributed by atoms with Crippen molar-refractivity contribution in [1.82, 2.24) is 20.2 Å². The molecule has 8 nitrogen and oxygen atoms in total. The van der Waals surface area contributed by atoms with E-state index in [9.17, 15) is 10.1 Å². The van der Waals surface area contributed by atoms with E-state index in [4.69, 9.17) is 11.6 Å². The van der Waals surface area contributed by atoms with Crippen LogP contribution in [0.3, 0.4) is 0 Å². The molecule has 0 radical (unpaired) electrons. The van der Waals surface area contributed by atoms with Crippen molar-refractivity contribution < 1.29 is 4.92 Å². The Hall–Kier alpha value is -2.22. The van der Waals surface area contributed by atoms with Crippen molar-refractivity contribution in [3.05, 3.63) is 33.7 Å². The molecule has 0 saturated carbocycles. The molecule has 2 aromatic rings. The Kier molecular flexibility index (Phi) is 2.64. The number of hydrogen-bond acceptors (Lipinski definition) is 6. The number of aromatic amines is 1. The molecule has 2 rings (SSSR count). The summed E-state index contributed by atoms with van der Waals surface area (Å²) in [4.78, 5) is 17.7. The molecule has 2 aromatic heterocycles. The summed E-state index contributed by atoms with van der Waals surface area (Å²) in [6.07, 6.45) is 2.63. The van der Waals surface area contributed by atoms with Crippen LogP contribution in [0.1, 0.15) is 0 Å². The molecule has 0 aliphatic carbocycles. The number of nitrogens with zero attached hydrogens (tertiary/aromatic N) is 4. The molecule has 0 bridgehead atoms. The molecule has 0 fully saturated rings. The Balaban J connectivity index is 2.36. The lowest BCUT2D eigenvalue weighted by Gasteiger charge is -2.01. The van der Waals surface area contributed by atoms with Gasteiger partial charge in [0.2, 0.25) is 11.8 Å². The van der Waals surface area contributed by atoms with Crippen LogP contribution in [0, 0.1) is 10.1 Å². The van der Waals surface area contributed by atoms with Crippen molar-refractivity contribution >= 4 is 29.1 Å². The van der Waals surface area contributed by atoms with Gasteiger partial charge in [-0.25, -0.2) is 9.97 Å². The zero-order chi connectivity index (χ0) is 11.5. The number of nitrogens with one attached hydrogen (secondary N) is 2. The predicted octanol–water partition coefficient (Wildman–Crippen LogP) is 1.50. The number of nitro groups is 1. The summed E-state index contributed by atoms with van der Waals surface area (Å²) < 4.78 is 0. The summed E-state index contributed by atoms with van der Waals surface area (Å²) in [6, 6.07) is 1.20. The molecule has 2 N–H and O–H groups in total. The SMILES string of the molecule is O=[N+]([O-])c1cc(Cl)cnc1Nc1nc[nH]n1. The fraction of sp³-hybridized carbons (Fsp3) is 0. The Labute approximate surface area is 93.8 Å². The van der Waals surface area contributed by atoms with Crippen LogP contribution in [0.25, 0.3) is 0 Å². The van der Waals surface area contributed by atoms with E-state index < -0.39 is 4.92 Å². The molecule has 82 valence electrons. The second kappa shape index (κ2) is 4.11.